The van der Waals surface area contributed by atoms with Crippen molar-refractivity contribution in [1.82, 2.24) is 0 Å². The van der Waals surface area contributed by atoms with Crippen LogP contribution in [0.3, 0.4) is 0 Å². The Balaban J connectivity index is 1.93. The van der Waals surface area contributed by atoms with Gasteiger partial charge in [0.1, 0.15) is 5.82 Å². The van der Waals surface area contributed by atoms with Crippen molar-refractivity contribution in [1.29, 1.82) is 0 Å². The zero-order valence-electron chi connectivity index (χ0n) is 11.5. The third kappa shape index (κ3) is 3.77. The van der Waals surface area contributed by atoms with E-state index in [4.69, 9.17) is 16.2 Å². The number of amides is 1. The lowest BCUT2D eigenvalue weighted by Gasteiger charge is -2.33. The molecule has 0 bridgehead atoms. The number of nitrogens with two attached hydrogens (primary N) is 2. The Labute approximate surface area is 118 Å². The van der Waals surface area contributed by atoms with Gasteiger partial charge in [-0.2, -0.15) is 0 Å². The van der Waals surface area contributed by atoms with E-state index in [-0.39, 0.29) is 17.7 Å². The first kappa shape index (κ1) is 14.9. The normalized spacial score (nSPS) is 17.9. The summed E-state index contributed by atoms with van der Waals surface area (Å²) in [6.07, 6.45) is 5.33. The maximum atomic E-state index is 13.6. The van der Waals surface area contributed by atoms with Crippen LogP contribution < -0.4 is 11.5 Å². The van der Waals surface area contributed by atoms with Gasteiger partial charge in [-0.3, -0.25) is 4.79 Å². The lowest BCUT2D eigenvalue weighted by Crippen LogP contribution is -2.46. The second kappa shape index (κ2) is 6.33. The van der Waals surface area contributed by atoms with E-state index in [0.29, 0.717) is 12.2 Å². The van der Waals surface area contributed by atoms with Crippen molar-refractivity contribution in [2.75, 3.05) is 6.61 Å². The molecule has 1 amide bonds. The van der Waals surface area contributed by atoms with Crippen molar-refractivity contribution in [3.8, 4) is 0 Å². The summed E-state index contributed by atoms with van der Waals surface area (Å²) in [5, 5.41) is 0. The van der Waals surface area contributed by atoms with Gasteiger partial charge >= 0.3 is 0 Å². The lowest BCUT2D eigenvalue weighted by atomic mass is 9.83. The summed E-state index contributed by atoms with van der Waals surface area (Å²) in [5.41, 5.74) is 11.7. The van der Waals surface area contributed by atoms with E-state index in [2.05, 4.69) is 0 Å². The van der Waals surface area contributed by atoms with E-state index in [1.54, 1.807) is 0 Å². The molecule has 4 nitrogen and oxygen atoms in total. The Kier molecular flexibility index (Phi) is 4.73. The van der Waals surface area contributed by atoms with Crippen LogP contribution in [0.15, 0.2) is 18.2 Å². The molecule has 110 valence electrons. The number of benzene rings is 1. The topological polar surface area (TPSA) is 78.3 Å². The summed E-state index contributed by atoms with van der Waals surface area (Å²) < 4.78 is 19.2. The molecule has 0 saturated heterocycles. The Morgan fingerprint density at radius 3 is 2.65 bits per heavy atom. The van der Waals surface area contributed by atoms with E-state index < -0.39 is 11.7 Å². The van der Waals surface area contributed by atoms with Crippen LogP contribution in [0.25, 0.3) is 0 Å². The largest absolute Gasteiger partial charge is 0.375 e. The fourth-order valence-corrected chi connectivity index (χ4v) is 2.60. The van der Waals surface area contributed by atoms with Gasteiger partial charge in [-0.05, 0) is 31.0 Å². The van der Waals surface area contributed by atoms with Gasteiger partial charge < -0.3 is 16.2 Å². The molecule has 0 spiro atoms. The zero-order chi connectivity index (χ0) is 14.6. The SMILES string of the molecule is NC(=O)c1ccc(F)c(COCC2(N)CCCCC2)c1. The van der Waals surface area contributed by atoms with Gasteiger partial charge in [-0.1, -0.05) is 19.3 Å². The van der Waals surface area contributed by atoms with E-state index in [9.17, 15) is 9.18 Å². The van der Waals surface area contributed by atoms with Crippen LogP contribution in [-0.2, 0) is 11.3 Å². The predicted molar refractivity (Wildman–Crippen MR) is 74.6 cm³/mol. The highest BCUT2D eigenvalue weighted by Gasteiger charge is 2.27. The number of primary amides is 1. The fourth-order valence-electron chi connectivity index (χ4n) is 2.60. The first-order chi connectivity index (χ1) is 9.50. The highest BCUT2D eigenvalue weighted by molar-refractivity contribution is 5.92. The van der Waals surface area contributed by atoms with E-state index in [1.165, 1.54) is 24.6 Å². The lowest BCUT2D eigenvalue weighted by molar-refractivity contribution is 0.0560. The standard InChI is InChI=1S/C15H21FN2O2/c16-13-5-4-11(14(17)19)8-12(13)9-20-10-15(18)6-2-1-3-7-15/h4-5,8H,1-3,6-7,9-10,18H2,(H2,17,19). The molecule has 1 aromatic carbocycles. The van der Waals surface area contributed by atoms with Crippen molar-refractivity contribution in [2.45, 2.75) is 44.2 Å². The minimum atomic E-state index is -0.575. The van der Waals surface area contributed by atoms with Crippen molar-refractivity contribution in [3.63, 3.8) is 0 Å². The number of hydrogen-bond acceptors (Lipinski definition) is 3. The summed E-state index contributed by atoms with van der Waals surface area (Å²) in [7, 11) is 0. The molecule has 0 unspecified atom stereocenters. The summed E-state index contributed by atoms with van der Waals surface area (Å²) in [5.74, 6) is -0.974. The van der Waals surface area contributed by atoms with Crippen LogP contribution in [0.5, 0.6) is 0 Å². The molecule has 2 rings (SSSR count). The third-order valence-electron chi connectivity index (χ3n) is 3.83. The molecule has 0 aromatic heterocycles. The molecule has 0 radical (unpaired) electrons. The van der Waals surface area contributed by atoms with Gasteiger partial charge in [0.2, 0.25) is 5.91 Å². The number of ether oxygens (including phenoxy) is 1. The van der Waals surface area contributed by atoms with Gasteiger partial charge in [-0.15, -0.1) is 0 Å². The van der Waals surface area contributed by atoms with Crippen LogP contribution in [0.1, 0.15) is 48.0 Å². The van der Waals surface area contributed by atoms with Gasteiger partial charge in [0.15, 0.2) is 0 Å². The molecule has 1 aliphatic rings. The molecule has 0 heterocycles. The second-order valence-corrected chi connectivity index (χ2v) is 5.59. The highest BCUT2D eigenvalue weighted by Crippen LogP contribution is 2.26. The number of carbonyl (C=O) groups is 1. The van der Waals surface area contributed by atoms with Crippen LogP contribution in [0, 0.1) is 5.82 Å². The van der Waals surface area contributed by atoms with E-state index >= 15 is 0 Å². The molecular weight excluding hydrogens is 259 g/mol. The van der Waals surface area contributed by atoms with E-state index in [0.717, 1.165) is 25.7 Å². The van der Waals surface area contributed by atoms with Gasteiger partial charge in [0.05, 0.1) is 13.2 Å². The maximum Gasteiger partial charge on any atom is 0.248 e. The Bertz CT molecular complexity index is 485. The van der Waals surface area contributed by atoms with Crippen molar-refractivity contribution in [3.05, 3.63) is 35.1 Å². The Morgan fingerprint density at radius 1 is 1.30 bits per heavy atom. The number of hydrogen-bond donors (Lipinski definition) is 2. The smallest absolute Gasteiger partial charge is 0.248 e. The molecule has 0 aliphatic heterocycles. The van der Waals surface area contributed by atoms with Crippen LogP contribution in [0.2, 0.25) is 0 Å². The average Bonchev–Trinajstić information content (AvgIpc) is 2.41. The molecule has 4 N–H and O–H groups in total. The minimum absolute atomic E-state index is 0.103. The maximum absolute atomic E-state index is 13.6. The molecule has 20 heavy (non-hydrogen) atoms. The van der Waals surface area contributed by atoms with Gasteiger partial charge in [0.25, 0.3) is 0 Å². The number of halogens is 1. The van der Waals surface area contributed by atoms with Crippen molar-refractivity contribution >= 4 is 5.91 Å². The predicted octanol–water partition coefficient (Wildman–Crippen LogP) is 2.10. The minimum Gasteiger partial charge on any atom is -0.375 e. The van der Waals surface area contributed by atoms with Crippen LogP contribution in [-0.4, -0.2) is 18.1 Å². The monoisotopic (exact) mass is 280 g/mol. The molecule has 0 atom stereocenters. The van der Waals surface area contributed by atoms with E-state index in [1.807, 2.05) is 0 Å². The first-order valence-corrected chi connectivity index (χ1v) is 6.95. The van der Waals surface area contributed by atoms with Crippen LogP contribution >= 0.6 is 0 Å². The zero-order valence-corrected chi connectivity index (χ0v) is 11.5. The highest BCUT2D eigenvalue weighted by atomic mass is 19.1. The number of rotatable bonds is 5. The third-order valence-corrected chi connectivity index (χ3v) is 3.83. The molecule has 5 heteroatoms. The molecule has 1 fully saturated rings. The summed E-state index contributed by atoms with van der Waals surface area (Å²) in [6.45, 7) is 0.513. The Hall–Kier alpha value is -1.46. The van der Waals surface area contributed by atoms with Crippen LogP contribution in [0.4, 0.5) is 4.39 Å². The summed E-state index contributed by atoms with van der Waals surface area (Å²) in [6, 6.07) is 4.03. The quantitative estimate of drug-likeness (QED) is 0.867. The Morgan fingerprint density at radius 2 is 2.00 bits per heavy atom. The van der Waals surface area contributed by atoms with Crippen molar-refractivity contribution in [2.24, 2.45) is 11.5 Å². The summed E-state index contributed by atoms with van der Waals surface area (Å²) >= 11 is 0. The average molecular weight is 280 g/mol. The van der Waals surface area contributed by atoms with Gasteiger partial charge in [-0.25, -0.2) is 4.39 Å². The molecule has 1 saturated carbocycles. The van der Waals surface area contributed by atoms with Gasteiger partial charge in [0, 0.05) is 16.7 Å². The fraction of sp³-hybridized carbons (Fsp3) is 0.533. The molecule has 1 aromatic rings. The first-order valence-electron chi connectivity index (χ1n) is 6.95. The molecule has 1 aliphatic carbocycles. The summed E-state index contributed by atoms with van der Waals surface area (Å²) in [4.78, 5) is 11.1. The number of carbonyl (C=O) groups excluding carboxylic acids is 1. The van der Waals surface area contributed by atoms with Crippen molar-refractivity contribution < 1.29 is 13.9 Å². The molecular formula is C15H21FN2O2. The second-order valence-electron chi connectivity index (χ2n) is 5.59.